The lowest BCUT2D eigenvalue weighted by molar-refractivity contribution is 0.632. The van der Waals surface area contributed by atoms with Crippen molar-refractivity contribution in [2.24, 2.45) is 0 Å². The van der Waals surface area contributed by atoms with Crippen LogP contribution in [-0.4, -0.2) is 0 Å². The number of rotatable bonds is 2. The SMILES string of the molecule is CC1(C)c2ccccc2N(c2cc3c4ccccc4c(N4c5ccccc5C(C)(C)c5ccccc54)cc3c3ccccc23)c2ccccc21. The van der Waals surface area contributed by atoms with Gasteiger partial charge in [-0.2, -0.15) is 0 Å². The van der Waals surface area contributed by atoms with Crippen molar-refractivity contribution >= 4 is 66.4 Å². The maximum Gasteiger partial charge on any atom is 0.0546 e. The number of hydrogen-bond donors (Lipinski definition) is 0. The third-order valence-corrected chi connectivity index (χ3v) is 11.6. The summed E-state index contributed by atoms with van der Waals surface area (Å²) in [4.78, 5) is 5.03. The summed E-state index contributed by atoms with van der Waals surface area (Å²) in [5, 5.41) is 7.52. The van der Waals surface area contributed by atoms with Gasteiger partial charge in [-0.25, -0.2) is 0 Å². The summed E-state index contributed by atoms with van der Waals surface area (Å²) in [5.74, 6) is 0. The highest BCUT2D eigenvalue weighted by Crippen LogP contribution is 2.56. The van der Waals surface area contributed by atoms with Crippen molar-refractivity contribution in [2.75, 3.05) is 9.80 Å². The van der Waals surface area contributed by atoms with Gasteiger partial charge in [0.2, 0.25) is 0 Å². The van der Waals surface area contributed by atoms with Gasteiger partial charge >= 0.3 is 0 Å². The van der Waals surface area contributed by atoms with Gasteiger partial charge in [0.1, 0.15) is 0 Å². The summed E-state index contributed by atoms with van der Waals surface area (Å²) < 4.78 is 0. The Bertz CT molecular complexity index is 2390. The molecule has 2 aliphatic rings. The van der Waals surface area contributed by atoms with Gasteiger partial charge in [0.15, 0.2) is 0 Å². The Labute approximate surface area is 293 Å². The number of fused-ring (bicyclic) bond motifs is 9. The summed E-state index contributed by atoms with van der Waals surface area (Å²) in [7, 11) is 0. The average Bonchev–Trinajstić information content (AvgIpc) is 3.15. The Morgan fingerprint density at radius 2 is 0.540 bits per heavy atom. The second-order valence-electron chi connectivity index (χ2n) is 15.0. The van der Waals surface area contributed by atoms with E-state index >= 15 is 0 Å². The van der Waals surface area contributed by atoms with Crippen molar-refractivity contribution in [1.29, 1.82) is 0 Å². The van der Waals surface area contributed by atoms with Crippen molar-refractivity contribution in [3.05, 3.63) is 180 Å². The molecule has 2 heteroatoms. The number of benzene rings is 8. The first kappa shape index (κ1) is 29.1. The van der Waals surface area contributed by atoms with E-state index in [2.05, 4.69) is 195 Å². The van der Waals surface area contributed by atoms with Crippen molar-refractivity contribution in [3.63, 3.8) is 0 Å². The lowest BCUT2D eigenvalue weighted by Gasteiger charge is -2.43. The lowest BCUT2D eigenvalue weighted by atomic mass is 9.73. The average molecular weight is 643 g/mol. The van der Waals surface area contributed by atoms with Gasteiger partial charge in [-0.3, -0.25) is 0 Å². The number of anilines is 6. The predicted molar refractivity (Wildman–Crippen MR) is 213 cm³/mol. The van der Waals surface area contributed by atoms with Crippen LogP contribution in [0, 0.1) is 0 Å². The summed E-state index contributed by atoms with van der Waals surface area (Å²) in [5.41, 5.74) is 12.5. The van der Waals surface area contributed by atoms with Crippen LogP contribution in [0.25, 0.3) is 32.3 Å². The van der Waals surface area contributed by atoms with Crippen LogP contribution in [-0.2, 0) is 10.8 Å². The zero-order chi connectivity index (χ0) is 33.8. The molecule has 10 rings (SSSR count). The molecule has 0 N–H and O–H groups in total. The maximum atomic E-state index is 2.51. The van der Waals surface area contributed by atoms with Crippen LogP contribution in [0.3, 0.4) is 0 Å². The molecule has 0 aliphatic carbocycles. The quantitative estimate of drug-likeness (QED) is 0.173. The third-order valence-electron chi connectivity index (χ3n) is 11.6. The Hall–Kier alpha value is -5.86. The van der Waals surface area contributed by atoms with Gasteiger partial charge in [-0.15, -0.1) is 0 Å². The molecule has 50 heavy (non-hydrogen) atoms. The Morgan fingerprint density at radius 3 is 0.860 bits per heavy atom. The monoisotopic (exact) mass is 642 g/mol. The van der Waals surface area contributed by atoms with E-state index in [1.807, 2.05) is 0 Å². The molecule has 0 saturated carbocycles. The van der Waals surface area contributed by atoms with Crippen LogP contribution in [0.5, 0.6) is 0 Å². The molecule has 0 bridgehead atoms. The van der Waals surface area contributed by atoms with Crippen molar-refractivity contribution in [2.45, 2.75) is 38.5 Å². The summed E-state index contributed by atoms with van der Waals surface area (Å²) >= 11 is 0. The molecular weight excluding hydrogens is 605 g/mol. The third kappa shape index (κ3) is 3.85. The number of para-hydroxylation sites is 4. The highest BCUT2D eigenvalue weighted by Gasteiger charge is 2.39. The molecule has 0 radical (unpaired) electrons. The highest BCUT2D eigenvalue weighted by atomic mass is 15.2. The molecule has 2 aliphatic heterocycles. The van der Waals surface area contributed by atoms with Crippen LogP contribution in [0.2, 0.25) is 0 Å². The molecule has 8 aromatic rings. The van der Waals surface area contributed by atoms with Crippen LogP contribution in [0.4, 0.5) is 34.1 Å². The smallest absolute Gasteiger partial charge is 0.0546 e. The molecule has 0 atom stereocenters. The molecule has 0 amide bonds. The van der Waals surface area contributed by atoms with Crippen molar-refractivity contribution in [3.8, 4) is 0 Å². The minimum Gasteiger partial charge on any atom is -0.309 e. The van der Waals surface area contributed by atoms with E-state index in [-0.39, 0.29) is 10.8 Å². The van der Waals surface area contributed by atoms with E-state index in [4.69, 9.17) is 0 Å². The Kier molecular flexibility index (Phi) is 6.01. The van der Waals surface area contributed by atoms with E-state index in [9.17, 15) is 0 Å². The van der Waals surface area contributed by atoms with Gasteiger partial charge in [0, 0.05) is 21.6 Å². The lowest BCUT2D eigenvalue weighted by Crippen LogP contribution is -2.30. The topological polar surface area (TPSA) is 6.48 Å². The van der Waals surface area contributed by atoms with Gasteiger partial charge in [0.05, 0.1) is 34.1 Å². The molecule has 2 nitrogen and oxygen atoms in total. The van der Waals surface area contributed by atoms with Crippen molar-refractivity contribution in [1.82, 2.24) is 0 Å². The van der Waals surface area contributed by atoms with Crippen molar-refractivity contribution < 1.29 is 0 Å². The van der Waals surface area contributed by atoms with E-state index in [0.29, 0.717) is 0 Å². The van der Waals surface area contributed by atoms with Crippen LogP contribution in [0.15, 0.2) is 158 Å². The highest BCUT2D eigenvalue weighted by molar-refractivity contribution is 6.25. The van der Waals surface area contributed by atoms with Gasteiger partial charge in [0.25, 0.3) is 0 Å². The van der Waals surface area contributed by atoms with Crippen LogP contribution >= 0.6 is 0 Å². The van der Waals surface area contributed by atoms with Gasteiger partial charge in [-0.05, 0) is 80.2 Å². The standard InChI is InChI=1S/C48H38N2/c1-47(2)37-21-9-13-25-41(37)49(42-26-14-10-22-38(42)47)45-29-35-32-18-6-8-20-34(32)46(30-36(35)31-17-5-7-19-33(31)45)50-43-27-15-11-23-39(43)48(3,4)40-24-12-16-28-44(40)50/h5-30H,1-4H3. The molecule has 0 saturated heterocycles. The minimum absolute atomic E-state index is 0.118. The first-order valence-corrected chi connectivity index (χ1v) is 17.7. The Balaban J connectivity index is 1.31. The fourth-order valence-electron chi connectivity index (χ4n) is 9.14. The van der Waals surface area contributed by atoms with Gasteiger partial charge in [-0.1, -0.05) is 149 Å². The van der Waals surface area contributed by atoms with Crippen LogP contribution in [0.1, 0.15) is 49.9 Å². The number of nitrogens with zero attached hydrogens (tertiary/aromatic N) is 2. The largest absolute Gasteiger partial charge is 0.309 e. The van der Waals surface area contributed by atoms with Gasteiger partial charge < -0.3 is 9.80 Å². The first-order valence-electron chi connectivity index (χ1n) is 17.7. The fourth-order valence-corrected chi connectivity index (χ4v) is 9.14. The summed E-state index contributed by atoms with van der Waals surface area (Å²) in [6, 6.07) is 58.7. The molecular formula is C48H38N2. The predicted octanol–water partition coefficient (Wildman–Crippen LogP) is 13.4. The summed E-state index contributed by atoms with van der Waals surface area (Å²) in [6.45, 7) is 9.42. The van der Waals surface area contributed by atoms with E-state index in [1.54, 1.807) is 0 Å². The molecule has 0 unspecified atom stereocenters. The molecule has 8 aromatic carbocycles. The second-order valence-corrected chi connectivity index (χ2v) is 15.0. The van der Waals surface area contributed by atoms with Crippen LogP contribution < -0.4 is 9.80 Å². The van der Waals surface area contributed by atoms with E-state index in [0.717, 1.165) is 0 Å². The van der Waals surface area contributed by atoms with E-state index < -0.39 is 0 Å². The number of hydrogen-bond acceptors (Lipinski definition) is 2. The normalized spacial score (nSPS) is 15.4. The zero-order valence-corrected chi connectivity index (χ0v) is 28.9. The first-order chi connectivity index (χ1) is 24.4. The molecule has 0 spiro atoms. The van der Waals surface area contributed by atoms with E-state index in [1.165, 1.54) is 88.7 Å². The molecule has 0 aromatic heterocycles. The minimum atomic E-state index is -0.118. The fraction of sp³-hybridized carbons (Fsp3) is 0.125. The Morgan fingerprint density at radius 1 is 0.280 bits per heavy atom. The molecule has 240 valence electrons. The second kappa shape index (κ2) is 10.3. The maximum absolute atomic E-state index is 2.51. The zero-order valence-electron chi connectivity index (χ0n) is 28.9. The molecule has 0 fully saturated rings. The summed E-state index contributed by atoms with van der Waals surface area (Å²) in [6.07, 6.45) is 0. The molecule has 2 heterocycles.